The van der Waals surface area contributed by atoms with Gasteiger partial charge in [-0.05, 0) is 52.6 Å². The smallest absolute Gasteiger partial charge is 0.0766 e. The van der Waals surface area contributed by atoms with Gasteiger partial charge in [-0.15, -0.1) is 0 Å². The molecule has 0 spiro atoms. The Morgan fingerprint density at radius 2 is 1.84 bits per heavy atom. The Morgan fingerprint density at radius 3 is 2.32 bits per heavy atom. The fraction of sp³-hybridized carbons (Fsp3) is 0.875. The number of nitrogens with one attached hydrogen (secondary N) is 1. The Hall–Kier alpha value is -0.380. The normalized spacial score (nSPS) is 18.6. The van der Waals surface area contributed by atoms with Crippen LogP contribution in [0.2, 0.25) is 0 Å². The molecule has 1 rings (SSSR count). The first-order chi connectivity index (χ1) is 8.99. The van der Waals surface area contributed by atoms with Crippen LogP contribution in [0.3, 0.4) is 0 Å². The summed E-state index contributed by atoms with van der Waals surface area (Å²) in [4.78, 5) is 2.51. The third-order valence-electron chi connectivity index (χ3n) is 4.38. The Kier molecular flexibility index (Phi) is 7.05. The molecule has 0 bridgehead atoms. The van der Waals surface area contributed by atoms with Gasteiger partial charge in [-0.2, -0.15) is 0 Å². The SMILES string of the molecule is CCC(O)(CC)CNC1CCN(CC=C(C)C)CC1. The second-order valence-electron chi connectivity index (χ2n) is 6.17. The average Bonchev–Trinajstić information content (AvgIpc) is 2.43. The zero-order valence-corrected chi connectivity index (χ0v) is 13.2. The summed E-state index contributed by atoms with van der Waals surface area (Å²) in [5, 5.41) is 13.8. The van der Waals surface area contributed by atoms with Crippen LogP contribution in [0.25, 0.3) is 0 Å². The first kappa shape index (κ1) is 16.7. The third-order valence-corrected chi connectivity index (χ3v) is 4.38. The Bertz CT molecular complexity index is 272. The van der Waals surface area contributed by atoms with Gasteiger partial charge in [0.05, 0.1) is 5.60 Å². The predicted octanol–water partition coefficient (Wildman–Crippen LogP) is 2.56. The number of aliphatic hydroxyl groups is 1. The van der Waals surface area contributed by atoms with Crippen molar-refractivity contribution in [3.63, 3.8) is 0 Å². The van der Waals surface area contributed by atoms with Crippen LogP contribution in [0.5, 0.6) is 0 Å². The molecule has 3 nitrogen and oxygen atoms in total. The zero-order chi connectivity index (χ0) is 14.3. The van der Waals surface area contributed by atoms with Crippen molar-refractivity contribution in [3.05, 3.63) is 11.6 Å². The first-order valence-corrected chi connectivity index (χ1v) is 7.80. The molecule has 2 N–H and O–H groups in total. The minimum absolute atomic E-state index is 0.515. The fourth-order valence-electron chi connectivity index (χ4n) is 2.47. The van der Waals surface area contributed by atoms with E-state index in [2.05, 4.69) is 44.0 Å². The van der Waals surface area contributed by atoms with Crippen LogP contribution in [0.15, 0.2) is 11.6 Å². The number of hydrogen-bond donors (Lipinski definition) is 2. The second-order valence-corrected chi connectivity index (χ2v) is 6.17. The van der Waals surface area contributed by atoms with Crippen LogP contribution in [0.1, 0.15) is 53.4 Å². The highest BCUT2D eigenvalue weighted by Gasteiger charge is 2.25. The van der Waals surface area contributed by atoms with Gasteiger partial charge in [0, 0.05) is 19.1 Å². The number of piperidine rings is 1. The van der Waals surface area contributed by atoms with Gasteiger partial charge >= 0.3 is 0 Å². The van der Waals surface area contributed by atoms with Gasteiger partial charge in [-0.3, -0.25) is 4.90 Å². The van der Waals surface area contributed by atoms with E-state index in [9.17, 15) is 5.11 Å². The lowest BCUT2D eigenvalue weighted by Gasteiger charge is -2.34. The van der Waals surface area contributed by atoms with Crippen molar-refractivity contribution in [2.24, 2.45) is 0 Å². The summed E-state index contributed by atoms with van der Waals surface area (Å²) in [6.07, 6.45) is 6.35. The van der Waals surface area contributed by atoms with E-state index in [0.717, 1.165) is 39.0 Å². The molecule has 0 amide bonds. The van der Waals surface area contributed by atoms with E-state index in [1.54, 1.807) is 0 Å². The highest BCUT2D eigenvalue weighted by atomic mass is 16.3. The molecule has 0 radical (unpaired) electrons. The molecule has 1 saturated heterocycles. The Labute approximate surface area is 119 Å². The summed E-state index contributed by atoms with van der Waals surface area (Å²) >= 11 is 0. The first-order valence-electron chi connectivity index (χ1n) is 7.80. The van der Waals surface area contributed by atoms with E-state index in [-0.39, 0.29) is 0 Å². The molecule has 3 heteroatoms. The molecule has 0 aromatic carbocycles. The molecule has 112 valence electrons. The van der Waals surface area contributed by atoms with Gasteiger partial charge in [-0.25, -0.2) is 0 Å². The molecule has 1 heterocycles. The Balaban J connectivity index is 2.25. The van der Waals surface area contributed by atoms with Gasteiger partial charge in [0.15, 0.2) is 0 Å². The summed E-state index contributed by atoms with van der Waals surface area (Å²) in [5.41, 5.74) is 0.885. The topological polar surface area (TPSA) is 35.5 Å². The number of allylic oxidation sites excluding steroid dienone is 1. The van der Waals surface area contributed by atoms with Crippen LogP contribution in [-0.4, -0.2) is 47.8 Å². The molecule has 0 aliphatic carbocycles. The molecule has 0 aromatic rings. The number of nitrogens with zero attached hydrogens (tertiary/aromatic N) is 1. The van der Waals surface area contributed by atoms with Crippen LogP contribution in [-0.2, 0) is 0 Å². The fourth-order valence-corrected chi connectivity index (χ4v) is 2.47. The Morgan fingerprint density at radius 1 is 1.26 bits per heavy atom. The predicted molar refractivity (Wildman–Crippen MR) is 82.4 cm³/mol. The van der Waals surface area contributed by atoms with Crippen LogP contribution >= 0.6 is 0 Å². The van der Waals surface area contributed by atoms with Gasteiger partial charge < -0.3 is 10.4 Å². The van der Waals surface area contributed by atoms with Crippen molar-refractivity contribution in [1.82, 2.24) is 10.2 Å². The van der Waals surface area contributed by atoms with Crippen molar-refractivity contribution in [2.45, 2.75) is 65.0 Å². The molecular formula is C16H32N2O. The van der Waals surface area contributed by atoms with Crippen molar-refractivity contribution in [2.75, 3.05) is 26.2 Å². The number of likely N-dealkylation sites (tertiary alicyclic amines) is 1. The van der Waals surface area contributed by atoms with E-state index in [1.165, 1.54) is 18.4 Å². The lowest BCUT2D eigenvalue weighted by Crippen LogP contribution is -2.48. The van der Waals surface area contributed by atoms with Crippen molar-refractivity contribution >= 4 is 0 Å². The second kappa shape index (κ2) is 8.03. The maximum Gasteiger partial charge on any atom is 0.0766 e. The van der Waals surface area contributed by atoms with Gasteiger partial charge in [0.2, 0.25) is 0 Å². The number of hydrogen-bond acceptors (Lipinski definition) is 3. The minimum Gasteiger partial charge on any atom is -0.389 e. The molecule has 19 heavy (non-hydrogen) atoms. The summed E-state index contributed by atoms with van der Waals surface area (Å²) in [6.45, 7) is 12.6. The van der Waals surface area contributed by atoms with Crippen LogP contribution in [0, 0.1) is 0 Å². The standard InChI is InChI=1S/C16H32N2O/c1-5-16(19,6-2)13-17-15-8-11-18(12-9-15)10-7-14(3)4/h7,15,17,19H,5-6,8-13H2,1-4H3. The molecule has 0 unspecified atom stereocenters. The van der Waals surface area contributed by atoms with Crippen LogP contribution in [0.4, 0.5) is 0 Å². The minimum atomic E-state index is -0.515. The molecule has 1 aliphatic rings. The van der Waals surface area contributed by atoms with Gasteiger partial charge in [-0.1, -0.05) is 25.5 Å². The maximum absolute atomic E-state index is 10.3. The highest BCUT2D eigenvalue weighted by molar-refractivity contribution is 4.95. The summed E-state index contributed by atoms with van der Waals surface area (Å²) in [7, 11) is 0. The molecule has 1 fully saturated rings. The van der Waals surface area contributed by atoms with Gasteiger partial charge in [0.25, 0.3) is 0 Å². The molecule has 0 aromatic heterocycles. The molecule has 0 atom stereocenters. The van der Waals surface area contributed by atoms with Gasteiger partial charge in [0.1, 0.15) is 0 Å². The van der Waals surface area contributed by atoms with E-state index < -0.39 is 5.60 Å². The van der Waals surface area contributed by atoms with E-state index in [4.69, 9.17) is 0 Å². The van der Waals surface area contributed by atoms with Crippen LogP contribution < -0.4 is 5.32 Å². The quantitative estimate of drug-likeness (QED) is 0.697. The van der Waals surface area contributed by atoms with E-state index in [0.29, 0.717) is 6.04 Å². The van der Waals surface area contributed by atoms with E-state index in [1.807, 2.05) is 0 Å². The maximum atomic E-state index is 10.3. The van der Waals surface area contributed by atoms with Crippen molar-refractivity contribution < 1.29 is 5.11 Å². The van der Waals surface area contributed by atoms with Crippen molar-refractivity contribution in [3.8, 4) is 0 Å². The van der Waals surface area contributed by atoms with Crippen molar-refractivity contribution in [1.29, 1.82) is 0 Å². The molecular weight excluding hydrogens is 236 g/mol. The summed E-state index contributed by atoms with van der Waals surface area (Å²) in [6, 6.07) is 0.576. The zero-order valence-electron chi connectivity index (χ0n) is 13.2. The molecule has 1 aliphatic heterocycles. The lowest BCUT2D eigenvalue weighted by atomic mass is 9.96. The summed E-state index contributed by atoms with van der Waals surface area (Å²) in [5.74, 6) is 0. The third kappa shape index (κ3) is 6.07. The monoisotopic (exact) mass is 268 g/mol. The summed E-state index contributed by atoms with van der Waals surface area (Å²) < 4.78 is 0. The average molecular weight is 268 g/mol. The largest absolute Gasteiger partial charge is 0.389 e. The highest BCUT2D eigenvalue weighted by Crippen LogP contribution is 2.16. The molecule has 0 saturated carbocycles. The van der Waals surface area contributed by atoms with E-state index >= 15 is 0 Å². The number of rotatable bonds is 7. The lowest BCUT2D eigenvalue weighted by molar-refractivity contribution is 0.0274.